The first-order valence-corrected chi connectivity index (χ1v) is 7.61. The monoisotopic (exact) mass is 345 g/mol. The second-order valence-corrected chi connectivity index (χ2v) is 5.81. The van der Waals surface area contributed by atoms with Gasteiger partial charge < -0.3 is 9.73 Å². The average Bonchev–Trinajstić information content (AvgIpc) is 2.55. The molecule has 3 rings (SSSR count). The minimum Gasteiger partial charge on any atom is -0.422 e. The molecule has 1 amide bonds. The number of nitrogens with one attached hydrogen (secondary N) is 1. The summed E-state index contributed by atoms with van der Waals surface area (Å²) in [6.45, 7) is 1.74. The Balaban J connectivity index is 1.89. The van der Waals surface area contributed by atoms with Gasteiger partial charge in [0.05, 0.1) is 6.04 Å². The van der Waals surface area contributed by atoms with Gasteiger partial charge in [-0.15, -0.1) is 0 Å². The molecule has 1 aromatic heterocycles. The molecule has 0 aliphatic heterocycles. The fourth-order valence-electron chi connectivity index (χ4n) is 2.36. The van der Waals surface area contributed by atoms with Crippen LogP contribution in [0.15, 0.2) is 57.7 Å². The van der Waals surface area contributed by atoms with Crippen LogP contribution in [0.2, 0.25) is 5.02 Å². The normalized spacial score (nSPS) is 12.1. The summed E-state index contributed by atoms with van der Waals surface area (Å²) < 4.78 is 18.1. The summed E-state index contributed by atoms with van der Waals surface area (Å²) in [7, 11) is 0. The van der Waals surface area contributed by atoms with Gasteiger partial charge in [-0.05, 0) is 48.9 Å². The number of benzene rings is 2. The first-order chi connectivity index (χ1) is 11.4. The number of halogens is 2. The Bertz CT molecular complexity index is 966. The maximum absolute atomic E-state index is 13.0. The van der Waals surface area contributed by atoms with E-state index in [9.17, 15) is 14.0 Å². The van der Waals surface area contributed by atoms with Gasteiger partial charge in [0.25, 0.3) is 5.91 Å². The van der Waals surface area contributed by atoms with Gasteiger partial charge in [-0.25, -0.2) is 9.18 Å². The second-order valence-electron chi connectivity index (χ2n) is 5.38. The Morgan fingerprint density at radius 2 is 1.88 bits per heavy atom. The van der Waals surface area contributed by atoms with Gasteiger partial charge in [-0.2, -0.15) is 0 Å². The predicted molar refractivity (Wildman–Crippen MR) is 89.8 cm³/mol. The van der Waals surface area contributed by atoms with Crippen LogP contribution in [0.5, 0.6) is 0 Å². The van der Waals surface area contributed by atoms with Crippen LogP contribution in [0.3, 0.4) is 0 Å². The largest absolute Gasteiger partial charge is 0.422 e. The van der Waals surface area contributed by atoms with E-state index in [4.69, 9.17) is 16.0 Å². The molecule has 1 atom stereocenters. The highest BCUT2D eigenvalue weighted by Crippen LogP contribution is 2.19. The van der Waals surface area contributed by atoms with Crippen molar-refractivity contribution in [2.75, 3.05) is 0 Å². The minimum absolute atomic E-state index is 0.112. The van der Waals surface area contributed by atoms with E-state index in [2.05, 4.69) is 5.32 Å². The van der Waals surface area contributed by atoms with Crippen LogP contribution >= 0.6 is 11.6 Å². The van der Waals surface area contributed by atoms with E-state index in [1.54, 1.807) is 37.3 Å². The number of amides is 1. The number of hydrogen-bond acceptors (Lipinski definition) is 3. The summed E-state index contributed by atoms with van der Waals surface area (Å²) in [6.07, 6.45) is 0. The summed E-state index contributed by atoms with van der Waals surface area (Å²) in [4.78, 5) is 24.4. The third kappa shape index (κ3) is 3.31. The van der Waals surface area contributed by atoms with Crippen molar-refractivity contribution in [2.45, 2.75) is 13.0 Å². The molecule has 0 bridgehead atoms. The topological polar surface area (TPSA) is 59.3 Å². The molecule has 1 heterocycles. The lowest BCUT2D eigenvalue weighted by atomic mass is 10.1. The van der Waals surface area contributed by atoms with E-state index in [0.29, 0.717) is 16.0 Å². The van der Waals surface area contributed by atoms with Crippen LogP contribution in [0, 0.1) is 5.82 Å². The fourth-order valence-corrected chi connectivity index (χ4v) is 2.54. The maximum atomic E-state index is 13.0. The number of carbonyl (C=O) groups is 1. The van der Waals surface area contributed by atoms with E-state index in [1.807, 2.05) is 0 Å². The summed E-state index contributed by atoms with van der Waals surface area (Å²) in [5.74, 6) is -0.924. The molecule has 3 aromatic rings. The van der Waals surface area contributed by atoms with Crippen molar-refractivity contribution in [1.82, 2.24) is 5.32 Å². The highest BCUT2D eigenvalue weighted by molar-refractivity contribution is 6.31. The van der Waals surface area contributed by atoms with Crippen molar-refractivity contribution in [3.05, 3.63) is 80.9 Å². The fraction of sp³-hybridized carbons (Fsp3) is 0.111. The Labute approximate surface area is 141 Å². The maximum Gasteiger partial charge on any atom is 0.349 e. The van der Waals surface area contributed by atoms with Gasteiger partial charge in [-0.1, -0.05) is 23.7 Å². The Hall–Kier alpha value is -2.66. The lowest BCUT2D eigenvalue weighted by molar-refractivity contribution is 0.0936. The molecule has 0 spiro atoms. The third-order valence-corrected chi connectivity index (χ3v) is 3.89. The van der Waals surface area contributed by atoms with Crippen molar-refractivity contribution in [3.63, 3.8) is 0 Å². The van der Waals surface area contributed by atoms with E-state index in [0.717, 1.165) is 5.56 Å². The molecule has 6 heteroatoms. The first kappa shape index (κ1) is 16.2. The summed E-state index contributed by atoms with van der Waals surface area (Å²) >= 11 is 5.92. The van der Waals surface area contributed by atoms with Crippen LogP contribution in [0.25, 0.3) is 11.0 Å². The van der Waals surface area contributed by atoms with Gasteiger partial charge >= 0.3 is 5.63 Å². The Morgan fingerprint density at radius 1 is 1.17 bits per heavy atom. The van der Waals surface area contributed by atoms with Crippen LogP contribution in [-0.2, 0) is 0 Å². The van der Waals surface area contributed by atoms with E-state index >= 15 is 0 Å². The van der Waals surface area contributed by atoms with E-state index < -0.39 is 17.6 Å². The first-order valence-electron chi connectivity index (χ1n) is 7.24. The van der Waals surface area contributed by atoms with Gasteiger partial charge in [0.2, 0.25) is 0 Å². The third-order valence-electron chi connectivity index (χ3n) is 3.66. The Kier molecular flexibility index (Phi) is 4.36. The zero-order valence-corrected chi connectivity index (χ0v) is 13.4. The lowest BCUT2D eigenvalue weighted by Gasteiger charge is -2.14. The molecule has 0 radical (unpaired) electrons. The van der Waals surface area contributed by atoms with Crippen LogP contribution in [-0.4, -0.2) is 5.91 Å². The van der Waals surface area contributed by atoms with Gasteiger partial charge in [-0.3, -0.25) is 4.79 Å². The molecule has 0 saturated heterocycles. The lowest BCUT2D eigenvalue weighted by Crippen LogP contribution is -2.30. The Morgan fingerprint density at radius 3 is 2.58 bits per heavy atom. The molecule has 2 aromatic carbocycles. The SMILES string of the molecule is CC(NC(=O)c1cc2cc(Cl)ccc2oc1=O)c1ccc(F)cc1. The number of rotatable bonds is 3. The van der Waals surface area contributed by atoms with Gasteiger partial charge in [0.1, 0.15) is 17.0 Å². The zero-order valence-electron chi connectivity index (χ0n) is 12.7. The molecule has 0 aliphatic carbocycles. The van der Waals surface area contributed by atoms with Crippen molar-refractivity contribution < 1.29 is 13.6 Å². The van der Waals surface area contributed by atoms with Crippen molar-refractivity contribution in [1.29, 1.82) is 0 Å². The number of hydrogen-bond donors (Lipinski definition) is 1. The molecule has 122 valence electrons. The van der Waals surface area contributed by atoms with E-state index in [1.165, 1.54) is 18.2 Å². The smallest absolute Gasteiger partial charge is 0.349 e. The minimum atomic E-state index is -0.728. The van der Waals surface area contributed by atoms with Gasteiger partial charge in [0.15, 0.2) is 0 Å². The van der Waals surface area contributed by atoms with E-state index in [-0.39, 0.29) is 11.4 Å². The summed E-state index contributed by atoms with van der Waals surface area (Å²) in [5, 5.41) is 3.73. The zero-order chi connectivity index (χ0) is 17.3. The van der Waals surface area contributed by atoms with Gasteiger partial charge in [0, 0.05) is 10.4 Å². The summed E-state index contributed by atoms with van der Waals surface area (Å²) in [5.41, 5.74) is 0.234. The molecular formula is C18H13ClFNO3. The average molecular weight is 346 g/mol. The van der Waals surface area contributed by atoms with Crippen molar-refractivity contribution in [3.8, 4) is 0 Å². The number of fused-ring (bicyclic) bond motifs is 1. The van der Waals surface area contributed by atoms with Crippen molar-refractivity contribution >= 4 is 28.5 Å². The molecule has 4 nitrogen and oxygen atoms in total. The molecule has 1 unspecified atom stereocenters. The predicted octanol–water partition coefficient (Wildman–Crippen LogP) is 4.08. The van der Waals surface area contributed by atoms with Crippen molar-refractivity contribution in [2.24, 2.45) is 0 Å². The van der Waals surface area contributed by atoms with Crippen LogP contribution in [0.4, 0.5) is 4.39 Å². The molecule has 1 N–H and O–H groups in total. The molecule has 24 heavy (non-hydrogen) atoms. The van der Waals surface area contributed by atoms with Crippen LogP contribution in [0.1, 0.15) is 28.9 Å². The standard InChI is InChI=1S/C18H13ClFNO3/c1-10(11-2-5-14(20)6-3-11)21-17(22)15-9-12-8-13(19)4-7-16(12)24-18(15)23/h2-10H,1H3,(H,21,22). The second kappa shape index (κ2) is 6.45. The molecule has 0 fully saturated rings. The molecule has 0 aliphatic rings. The van der Waals surface area contributed by atoms with Crippen LogP contribution < -0.4 is 10.9 Å². The highest BCUT2D eigenvalue weighted by atomic mass is 35.5. The number of carbonyl (C=O) groups excluding carboxylic acids is 1. The quantitative estimate of drug-likeness (QED) is 0.728. The summed E-state index contributed by atoms with van der Waals surface area (Å²) in [6, 6.07) is 11.6. The molecule has 0 saturated carbocycles. The molecular weight excluding hydrogens is 333 g/mol. The highest BCUT2D eigenvalue weighted by Gasteiger charge is 2.17.